The van der Waals surface area contributed by atoms with Crippen molar-refractivity contribution in [3.8, 4) is 0 Å². The molecule has 0 radical (unpaired) electrons. The molecule has 2 heteroatoms. The molecule has 0 saturated carbocycles. The van der Waals surface area contributed by atoms with Crippen LogP contribution in [0.4, 0.5) is 0 Å². The van der Waals surface area contributed by atoms with E-state index in [4.69, 9.17) is 0 Å². The van der Waals surface area contributed by atoms with E-state index >= 15 is 0 Å². The Kier molecular flexibility index (Phi) is 4.04. The second-order valence-corrected chi connectivity index (χ2v) is 6.06. The summed E-state index contributed by atoms with van der Waals surface area (Å²) in [6, 6.07) is 14.3. The van der Waals surface area contributed by atoms with Gasteiger partial charge in [-0.15, -0.1) is 0 Å². The number of nitrogens with one attached hydrogen (secondary N) is 1. The Bertz CT molecular complexity index is 585. The van der Waals surface area contributed by atoms with E-state index in [9.17, 15) is 0 Å². The summed E-state index contributed by atoms with van der Waals surface area (Å²) < 4.78 is 0. The van der Waals surface area contributed by atoms with Gasteiger partial charge < -0.3 is 10.2 Å². The highest BCUT2D eigenvalue weighted by molar-refractivity contribution is 5.83. The lowest BCUT2D eigenvalue weighted by atomic mass is 10.0. The molecule has 0 spiro atoms. The quantitative estimate of drug-likeness (QED) is 0.917. The van der Waals surface area contributed by atoms with Crippen LogP contribution in [0.15, 0.2) is 36.4 Å². The first kappa shape index (κ1) is 13.6. The highest BCUT2D eigenvalue weighted by Gasteiger charge is 2.18. The zero-order valence-corrected chi connectivity index (χ0v) is 12.5. The van der Waals surface area contributed by atoms with Crippen molar-refractivity contribution in [2.45, 2.75) is 25.8 Å². The Morgan fingerprint density at radius 2 is 1.95 bits per heavy atom. The van der Waals surface area contributed by atoms with E-state index < -0.39 is 0 Å². The normalized spacial score (nSPS) is 19.1. The topological polar surface area (TPSA) is 15.3 Å². The Morgan fingerprint density at radius 3 is 2.75 bits per heavy atom. The summed E-state index contributed by atoms with van der Waals surface area (Å²) in [6.07, 6.45) is 2.42. The van der Waals surface area contributed by atoms with Crippen LogP contribution in [0.1, 0.15) is 17.5 Å². The van der Waals surface area contributed by atoms with Gasteiger partial charge in [0.15, 0.2) is 0 Å². The van der Waals surface area contributed by atoms with E-state index in [1.165, 1.54) is 34.9 Å². The molecule has 1 atom stereocenters. The van der Waals surface area contributed by atoms with Crippen LogP contribution in [-0.2, 0) is 6.42 Å². The Hall–Kier alpha value is -1.38. The molecule has 1 aliphatic heterocycles. The Balaban J connectivity index is 1.66. The van der Waals surface area contributed by atoms with Crippen molar-refractivity contribution >= 4 is 10.8 Å². The molecule has 106 valence electrons. The van der Waals surface area contributed by atoms with Crippen molar-refractivity contribution in [3.05, 3.63) is 47.5 Å². The van der Waals surface area contributed by atoms with Crippen LogP contribution in [-0.4, -0.2) is 37.6 Å². The number of hydrogen-bond acceptors (Lipinski definition) is 2. The average molecular weight is 268 g/mol. The van der Waals surface area contributed by atoms with Crippen LogP contribution in [0.25, 0.3) is 10.8 Å². The monoisotopic (exact) mass is 268 g/mol. The lowest BCUT2D eigenvalue weighted by molar-refractivity contribution is 0.260. The molecule has 1 heterocycles. The van der Waals surface area contributed by atoms with Gasteiger partial charge >= 0.3 is 0 Å². The van der Waals surface area contributed by atoms with Gasteiger partial charge in [0.1, 0.15) is 0 Å². The van der Waals surface area contributed by atoms with Crippen molar-refractivity contribution in [2.24, 2.45) is 0 Å². The van der Waals surface area contributed by atoms with Gasteiger partial charge in [-0.25, -0.2) is 0 Å². The molecule has 20 heavy (non-hydrogen) atoms. The number of nitrogens with zero attached hydrogens (tertiary/aromatic N) is 1. The summed E-state index contributed by atoms with van der Waals surface area (Å²) in [6.45, 7) is 5.61. The summed E-state index contributed by atoms with van der Waals surface area (Å²) in [4.78, 5) is 2.50. The van der Waals surface area contributed by atoms with Crippen LogP contribution < -0.4 is 5.32 Å². The molecule has 1 fully saturated rings. The third kappa shape index (κ3) is 3.02. The maximum atomic E-state index is 3.44. The molecule has 1 aliphatic rings. The highest BCUT2D eigenvalue weighted by Crippen LogP contribution is 2.18. The lowest BCUT2D eigenvalue weighted by Gasteiger charge is -2.23. The van der Waals surface area contributed by atoms with Gasteiger partial charge in [0.05, 0.1) is 0 Å². The smallest absolute Gasteiger partial charge is 0.0229 e. The largest absolute Gasteiger partial charge is 0.315 e. The van der Waals surface area contributed by atoms with Crippen LogP contribution in [0.2, 0.25) is 0 Å². The Morgan fingerprint density at radius 1 is 1.15 bits per heavy atom. The highest BCUT2D eigenvalue weighted by atomic mass is 15.2. The predicted molar refractivity (Wildman–Crippen MR) is 86.3 cm³/mol. The number of aryl methyl sites for hydroxylation is 1. The predicted octanol–water partition coefficient (Wildman–Crippen LogP) is 2.98. The number of benzene rings is 2. The van der Waals surface area contributed by atoms with Crippen molar-refractivity contribution < 1.29 is 0 Å². The standard InChI is InChI=1S/C18H24N2/c1-14-3-5-17-12-15(4-6-16(17)11-14)8-10-20(2)18-7-9-19-13-18/h3-6,11-12,18-19H,7-10,13H2,1-2H3. The molecule has 1 unspecified atom stereocenters. The van der Waals surface area contributed by atoms with Crippen LogP contribution >= 0.6 is 0 Å². The van der Waals surface area contributed by atoms with Gasteiger partial charge in [-0.3, -0.25) is 0 Å². The van der Waals surface area contributed by atoms with Crippen LogP contribution in [0.3, 0.4) is 0 Å². The Labute approximate surface area is 121 Å². The third-order valence-electron chi connectivity index (χ3n) is 4.47. The minimum absolute atomic E-state index is 0.720. The summed E-state index contributed by atoms with van der Waals surface area (Å²) in [5.74, 6) is 0. The van der Waals surface area contributed by atoms with E-state index in [1.807, 2.05) is 0 Å². The molecule has 1 N–H and O–H groups in total. The summed E-state index contributed by atoms with van der Waals surface area (Å²) in [5.41, 5.74) is 2.78. The fourth-order valence-electron chi connectivity index (χ4n) is 3.07. The molecule has 0 bridgehead atoms. The molecule has 2 aromatic carbocycles. The SMILES string of the molecule is Cc1ccc2cc(CCN(C)C3CCNC3)ccc2c1. The van der Waals surface area contributed by atoms with Crippen LogP contribution in [0.5, 0.6) is 0 Å². The van der Waals surface area contributed by atoms with E-state index in [-0.39, 0.29) is 0 Å². The van der Waals surface area contributed by atoms with Crippen molar-refractivity contribution in [2.75, 3.05) is 26.7 Å². The molecular weight excluding hydrogens is 244 g/mol. The van der Waals surface area contributed by atoms with E-state index in [0.29, 0.717) is 0 Å². The number of rotatable bonds is 4. The molecule has 1 saturated heterocycles. The van der Waals surface area contributed by atoms with Gasteiger partial charge in [-0.2, -0.15) is 0 Å². The zero-order chi connectivity index (χ0) is 13.9. The molecule has 0 aliphatic carbocycles. The van der Waals surface area contributed by atoms with E-state index in [0.717, 1.165) is 25.6 Å². The van der Waals surface area contributed by atoms with Gasteiger partial charge in [0, 0.05) is 19.1 Å². The minimum Gasteiger partial charge on any atom is -0.315 e. The van der Waals surface area contributed by atoms with E-state index in [1.54, 1.807) is 0 Å². The maximum absolute atomic E-state index is 3.44. The fraction of sp³-hybridized carbons (Fsp3) is 0.444. The van der Waals surface area contributed by atoms with Crippen molar-refractivity contribution in [3.63, 3.8) is 0 Å². The fourth-order valence-corrected chi connectivity index (χ4v) is 3.07. The first-order valence-electron chi connectivity index (χ1n) is 7.62. The number of likely N-dealkylation sites (N-methyl/N-ethyl adjacent to an activating group) is 1. The lowest BCUT2D eigenvalue weighted by Crippen LogP contribution is -2.34. The summed E-state index contributed by atoms with van der Waals surface area (Å²) in [5, 5.41) is 6.15. The zero-order valence-electron chi connectivity index (χ0n) is 12.5. The molecule has 2 aromatic rings. The first-order valence-corrected chi connectivity index (χ1v) is 7.62. The molecule has 0 amide bonds. The van der Waals surface area contributed by atoms with Crippen molar-refractivity contribution in [1.29, 1.82) is 0 Å². The molecule has 3 rings (SSSR count). The maximum Gasteiger partial charge on any atom is 0.0229 e. The van der Waals surface area contributed by atoms with Crippen molar-refractivity contribution in [1.82, 2.24) is 10.2 Å². The summed E-state index contributed by atoms with van der Waals surface area (Å²) in [7, 11) is 2.25. The van der Waals surface area contributed by atoms with Gasteiger partial charge in [0.25, 0.3) is 0 Å². The van der Waals surface area contributed by atoms with Gasteiger partial charge in [0.2, 0.25) is 0 Å². The first-order chi connectivity index (χ1) is 9.72. The second kappa shape index (κ2) is 5.94. The van der Waals surface area contributed by atoms with E-state index in [2.05, 4.69) is 60.6 Å². The minimum atomic E-state index is 0.720. The second-order valence-electron chi connectivity index (χ2n) is 6.06. The average Bonchev–Trinajstić information content (AvgIpc) is 2.99. The van der Waals surface area contributed by atoms with Gasteiger partial charge in [-0.1, -0.05) is 42.0 Å². The molecule has 2 nitrogen and oxygen atoms in total. The van der Waals surface area contributed by atoms with Gasteiger partial charge in [-0.05, 0) is 49.7 Å². The third-order valence-corrected chi connectivity index (χ3v) is 4.47. The van der Waals surface area contributed by atoms with Crippen LogP contribution in [0, 0.1) is 6.92 Å². The molecule has 0 aromatic heterocycles. The number of hydrogen-bond donors (Lipinski definition) is 1. The summed E-state index contributed by atoms with van der Waals surface area (Å²) >= 11 is 0. The number of fused-ring (bicyclic) bond motifs is 1. The molecular formula is C18H24N2.